The van der Waals surface area contributed by atoms with Crippen molar-refractivity contribution in [3.63, 3.8) is 0 Å². The van der Waals surface area contributed by atoms with E-state index in [0.29, 0.717) is 24.0 Å². The molecule has 0 radical (unpaired) electrons. The molecule has 5 rings (SSSR count). The lowest BCUT2D eigenvalue weighted by atomic mass is 10.2. The standard InChI is InChI=1S/C23H26N8O2S/c1-34-23-27-20(29-10-4-5-11-29)17-14-26-31(21(17)28-23)13-9-24-19(32)8-12-30-15-25-18-7-3-2-6-16(18)22(30)33/h2-3,6-7,14-15H,4-5,8-13H2,1H3,(H,24,32). The average molecular weight is 479 g/mol. The molecule has 0 atom stereocenters. The molecule has 0 saturated carbocycles. The van der Waals surface area contributed by atoms with Gasteiger partial charge in [0.1, 0.15) is 5.82 Å². The van der Waals surface area contributed by atoms with Crippen LogP contribution in [0.15, 0.2) is 46.7 Å². The largest absolute Gasteiger partial charge is 0.356 e. The molecule has 1 aromatic carbocycles. The van der Waals surface area contributed by atoms with Gasteiger partial charge in [-0.1, -0.05) is 23.9 Å². The van der Waals surface area contributed by atoms with Crippen molar-refractivity contribution >= 4 is 45.4 Å². The summed E-state index contributed by atoms with van der Waals surface area (Å²) in [5.74, 6) is 0.810. The van der Waals surface area contributed by atoms with Crippen LogP contribution in [0.1, 0.15) is 19.3 Å². The molecule has 1 saturated heterocycles. The van der Waals surface area contributed by atoms with Gasteiger partial charge in [0, 0.05) is 32.6 Å². The van der Waals surface area contributed by atoms with Crippen molar-refractivity contribution in [3.8, 4) is 0 Å². The zero-order valence-electron chi connectivity index (χ0n) is 19.0. The van der Waals surface area contributed by atoms with Crippen LogP contribution in [-0.4, -0.2) is 61.1 Å². The Morgan fingerprint density at radius 3 is 2.76 bits per heavy atom. The third-order valence-corrected chi connectivity index (χ3v) is 6.55. The molecule has 1 fully saturated rings. The van der Waals surface area contributed by atoms with Crippen LogP contribution in [0.2, 0.25) is 0 Å². The first-order valence-electron chi connectivity index (χ1n) is 11.4. The Balaban J connectivity index is 1.21. The van der Waals surface area contributed by atoms with E-state index in [2.05, 4.69) is 25.3 Å². The minimum absolute atomic E-state index is 0.131. The van der Waals surface area contributed by atoms with E-state index in [4.69, 9.17) is 4.98 Å². The van der Waals surface area contributed by atoms with Crippen molar-refractivity contribution in [2.24, 2.45) is 0 Å². The average Bonchev–Trinajstić information content (AvgIpc) is 3.54. The number of nitrogens with zero attached hydrogens (tertiary/aromatic N) is 7. The second-order valence-corrected chi connectivity index (χ2v) is 8.97. The number of carbonyl (C=O) groups excluding carboxylic acids is 1. The molecule has 11 heteroatoms. The highest BCUT2D eigenvalue weighted by Gasteiger charge is 2.20. The summed E-state index contributed by atoms with van der Waals surface area (Å²) in [7, 11) is 0. The zero-order valence-corrected chi connectivity index (χ0v) is 19.8. The lowest BCUT2D eigenvalue weighted by Gasteiger charge is -2.17. The summed E-state index contributed by atoms with van der Waals surface area (Å²) in [6.45, 7) is 3.18. The molecule has 0 unspecified atom stereocenters. The normalized spacial score (nSPS) is 13.7. The van der Waals surface area contributed by atoms with Crippen LogP contribution >= 0.6 is 11.8 Å². The molecule has 0 aliphatic carbocycles. The van der Waals surface area contributed by atoms with Crippen molar-refractivity contribution in [3.05, 3.63) is 47.1 Å². The number of benzene rings is 1. The maximum atomic E-state index is 12.6. The molecule has 0 spiro atoms. The number of nitrogens with one attached hydrogen (secondary N) is 1. The molecule has 176 valence electrons. The van der Waals surface area contributed by atoms with Gasteiger partial charge < -0.3 is 10.2 Å². The highest BCUT2D eigenvalue weighted by Crippen LogP contribution is 2.28. The highest BCUT2D eigenvalue weighted by molar-refractivity contribution is 7.98. The van der Waals surface area contributed by atoms with Crippen molar-refractivity contribution in [1.29, 1.82) is 0 Å². The third-order valence-electron chi connectivity index (χ3n) is 6.00. The first-order valence-corrected chi connectivity index (χ1v) is 12.6. The summed E-state index contributed by atoms with van der Waals surface area (Å²) >= 11 is 1.51. The summed E-state index contributed by atoms with van der Waals surface area (Å²) in [5.41, 5.74) is 1.30. The van der Waals surface area contributed by atoms with Gasteiger partial charge in [-0.05, 0) is 31.2 Å². The predicted octanol–water partition coefficient (Wildman–Crippen LogP) is 2.06. The van der Waals surface area contributed by atoms with Crippen molar-refractivity contribution in [2.45, 2.75) is 37.5 Å². The Hall–Kier alpha value is -3.47. The van der Waals surface area contributed by atoms with E-state index in [-0.39, 0.29) is 24.4 Å². The molecule has 1 N–H and O–H groups in total. The number of hydrogen-bond donors (Lipinski definition) is 1. The smallest absolute Gasteiger partial charge is 0.261 e. The number of carbonyl (C=O) groups is 1. The number of fused-ring (bicyclic) bond motifs is 2. The van der Waals surface area contributed by atoms with Gasteiger partial charge in [0.25, 0.3) is 5.56 Å². The molecule has 4 heterocycles. The summed E-state index contributed by atoms with van der Waals surface area (Å²) in [6, 6.07) is 7.20. The van der Waals surface area contributed by atoms with Crippen molar-refractivity contribution in [1.82, 2.24) is 34.6 Å². The van der Waals surface area contributed by atoms with E-state index in [0.717, 1.165) is 35.1 Å². The molecule has 10 nitrogen and oxygen atoms in total. The molecule has 1 aliphatic rings. The predicted molar refractivity (Wildman–Crippen MR) is 132 cm³/mol. The topological polar surface area (TPSA) is 111 Å². The summed E-state index contributed by atoms with van der Waals surface area (Å²) in [5, 5.41) is 9.63. The second-order valence-electron chi connectivity index (χ2n) is 8.19. The SMILES string of the molecule is CSc1nc(N2CCCC2)c2cnn(CCNC(=O)CCn3cnc4ccccc4c3=O)c2n1. The Morgan fingerprint density at radius 1 is 1.12 bits per heavy atom. The maximum Gasteiger partial charge on any atom is 0.261 e. The van der Waals surface area contributed by atoms with Crippen LogP contribution in [0.25, 0.3) is 21.9 Å². The van der Waals surface area contributed by atoms with E-state index < -0.39 is 0 Å². The van der Waals surface area contributed by atoms with Crippen LogP contribution in [0.3, 0.4) is 0 Å². The molecule has 4 aromatic rings. The van der Waals surface area contributed by atoms with Crippen molar-refractivity contribution in [2.75, 3.05) is 30.8 Å². The number of thioether (sulfide) groups is 1. The fourth-order valence-electron chi connectivity index (χ4n) is 4.22. The van der Waals surface area contributed by atoms with Gasteiger partial charge in [-0.25, -0.2) is 19.6 Å². The van der Waals surface area contributed by atoms with Crippen LogP contribution in [0, 0.1) is 0 Å². The van der Waals surface area contributed by atoms with E-state index in [1.54, 1.807) is 12.1 Å². The Morgan fingerprint density at radius 2 is 1.94 bits per heavy atom. The maximum absolute atomic E-state index is 12.6. The van der Waals surface area contributed by atoms with Gasteiger partial charge in [-0.3, -0.25) is 14.2 Å². The van der Waals surface area contributed by atoms with Crippen molar-refractivity contribution < 1.29 is 4.79 Å². The second kappa shape index (κ2) is 9.80. The monoisotopic (exact) mass is 478 g/mol. The molecule has 3 aromatic heterocycles. The Bertz CT molecular complexity index is 1390. The summed E-state index contributed by atoms with van der Waals surface area (Å²) in [4.78, 5) is 40.9. The molecule has 34 heavy (non-hydrogen) atoms. The van der Waals surface area contributed by atoms with Gasteiger partial charge in [-0.2, -0.15) is 5.10 Å². The molecule has 1 amide bonds. The quantitative estimate of drug-likeness (QED) is 0.303. The van der Waals surface area contributed by atoms with E-state index in [1.807, 2.05) is 29.3 Å². The summed E-state index contributed by atoms with van der Waals surface area (Å²) < 4.78 is 3.29. The first-order chi connectivity index (χ1) is 16.6. The Labute approximate surface area is 200 Å². The van der Waals surface area contributed by atoms with E-state index in [9.17, 15) is 9.59 Å². The van der Waals surface area contributed by atoms with E-state index >= 15 is 0 Å². The number of rotatable bonds is 8. The van der Waals surface area contributed by atoms with Crippen LogP contribution < -0.4 is 15.8 Å². The number of para-hydroxylation sites is 1. The fourth-order valence-corrected chi connectivity index (χ4v) is 4.58. The third kappa shape index (κ3) is 4.47. The van der Waals surface area contributed by atoms with Gasteiger partial charge >= 0.3 is 0 Å². The first kappa shape index (κ1) is 22.3. The number of amides is 1. The van der Waals surface area contributed by atoms with Crippen LogP contribution in [0.5, 0.6) is 0 Å². The van der Waals surface area contributed by atoms with E-state index in [1.165, 1.54) is 35.5 Å². The lowest BCUT2D eigenvalue weighted by Crippen LogP contribution is -2.30. The number of anilines is 1. The number of hydrogen-bond acceptors (Lipinski definition) is 8. The number of aromatic nitrogens is 6. The highest BCUT2D eigenvalue weighted by atomic mass is 32.2. The molecule has 1 aliphatic heterocycles. The minimum atomic E-state index is -0.139. The van der Waals surface area contributed by atoms with Gasteiger partial charge in [-0.15, -0.1) is 0 Å². The molecular weight excluding hydrogens is 452 g/mol. The minimum Gasteiger partial charge on any atom is -0.356 e. The fraction of sp³-hybridized carbons (Fsp3) is 0.391. The molecular formula is C23H26N8O2S. The molecule has 0 bridgehead atoms. The number of aryl methyl sites for hydroxylation is 1. The van der Waals surface area contributed by atoms with Gasteiger partial charge in [0.05, 0.1) is 35.4 Å². The van der Waals surface area contributed by atoms with Crippen LogP contribution in [0.4, 0.5) is 5.82 Å². The Kier molecular flexibility index (Phi) is 6.43. The zero-order chi connectivity index (χ0) is 23.5. The van der Waals surface area contributed by atoms with Gasteiger partial charge in [0.2, 0.25) is 5.91 Å². The lowest BCUT2D eigenvalue weighted by molar-refractivity contribution is -0.121. The summed E-state index contributed by atoms with van der Waals surface area (Å²) in [6.07, 6.45) is 7.80. The van der Waals surface area contributed by atoms with Crippen LogP contribution in [-0.2, 0) is 17.9 Å². The van der Waals surface area contributed by atoms with Gasteiger partial charge in [0.15, 0.2) is 10.8 Å².